The van der Waals surface area contributed by atoms with Crippen molar-refractivity contribution in [3.8, 4) is 27.4 Å². The summed E-state index contributed by atoms with van der Waals surface area (Å²) in [6, 6.07) is 23.2. The number of phenols is 1. The molecule has 1 fully saturated rings. The number of likely N-dealkylation sites (N-methyl/N-ethyl adjacent to an activating group) is 1. The number of para-hydroxylation sites is 1. The molecule has 5 aromatic rings. The number of unbranched alkanes of at least 4 members (excludes halogenated alkanes) is 10. The summed E-state index contributed by atoms with van der Waals surface area (Å²) in [7, 11) is 1.96. The fourth-order valence-corrected chi connectivity index (χ4v) is 10.3. The standard InChI is InChI=1S/C58H79N9O6S/c1-39(43-28-30-44(31-29-43)53-40(2)61-38-74-53)62-56(72)49-34-45(68)37-67(49)57(73)54(58(3,4)5)63-52(71)23-17-15-13-11-9-7-8-10-12-14-16-22-51(70)60-36-42-26-24-41(25-27-42)32-33-66(6)48-35-47(64-65-55(48)59)46-20-18-19-21-50(46)69/h18-21,24-31,35,38-39,45,49,54,68-69H,7-17,22-23,32-34,36-37H2,1-6H3,(H2,59,65)(H,60,70)(H,62,72)(H,63,71)/t39-,45+,49-,54+/m0/s1. The number of carbonyl (C=O) groups is 4. The number of hydrogen-bond donors (Lipinski definition) is 6. The van der Waals surface area contributed by atoms with E-state index in [1.54, 1.807) is 29.5 Å². The molecule has 3 heterocycles. The Morgan fingerprint density at radius 2 is 1.43 bits per heavy atom. The second kappa shape index (κ2) is 27.8. The Balaban J connectivity index is 0.783. The van der Waals surface area contributed by atoms with Gasteiger partial charge in [0.1, 0.15) is 17.8 Å². The number of phenolic OH excluding ortho intramolecular Hbond substituents is 1. The smallest absolute Gasteiger partial charge is 0.246 e. The molecule has 0 unspecified atom stereocenters. The lowest BCUT2D eigenvalue weighted by Gasteiger charge is -2.35. The number of nitrogens with two attached hydrogens (primary N) is 1. The Morgan fingerprint density at radius 1 is 0.824 bits per heavy atom. The van der Waals surface area contributed by atoms with Crippen molar-refractivity contribution in [2.45, 2.75) is 162 Å². The van der Waals surface area contributed by atoms with Crippen molar-refractivity contribution < 1.29 is 29.4 Å². The maximum atomic E-state index is 14.1. The summed E-state index contributed by atoms with van der Waals surface area (Å²) in [6.45, 7) is 10.8. The van der Waals surface area contributed by atoms with Gasteiger partial charge >= 0.3 is 0 Å². The third-order valence-electron chi connectivity index (χ3n) is 14.0. The van der Waals surface area contributed by atoms with Crippen LogP contribution in [0.2, 0.25) is 0 Å². The molecule has 3 aromatic carbocycles. The zero-order chi connectivity index (χ0) is 53.2. The molecule has 16 heteroatoms. The van der Waals surface area contributed by atoms with Gasteiger partial charge in [-0.05, 0) is 79.0 Å². The Hall–Kier alpha value is -6.39. The van der Waals surface area contributed by atoms with E-state index in [0.717, 1.165) is 97.2 Å². The van der Waals surface area contributed by atoms with Gasteiger partial charge in [0.15, 0.2) is 5.82 Å². The summed E-state index contributed by atoms with van der Waals surface area (Å²) >= 11 is 1.59. The molecule has 1 aliphatic rings. The third kappa shape index (κ3) is 16.8. The van der Waals surface area contributed by atoms with Crippen LogP contribution in [0, 0.1) is 12.3 Å². The van der Waals surface area contributed by atoms with Gasteiger partial charge in [-0.15, -0.1) is 21.5 Å². The number of thiazole rings is 1. The van der Waals surface area contributed by atoms with Crippen LogP contribution in [0.25, 0.3) is 21.7 Å². The van der Waals surface area contributed by atoms with Crippen molar-refractivity contribution in [1.29, 1.82) is 0 Å². The highest BCUT2D eigenvalue weighted by molar-refractivity contribution is 7.13. The fourth-order valence-electron chi connectivity index (χ4n) is 9.46. The van der Waals surface area contributed by atoms with E-state index in [1.807, 2.05) is 88.5 Å². The maximum absolute atomic E-state index is 14.1. The van der Waals surface area contributed by atoms with E-state index in [2.05, 4.69) is 55.4 Å². The molecule has 4 amide bonds. The average Bonchev–Trinajstić information content (AvgIpc) is 4.00. The van der Waals surface area contributed by atoms with Gasteiger partial charge in [0.05, 0.1) is 39.6 Å². The van der Waals surface area contributed by atoms with Crippen molar-refractivity contribution >= 4 is 46.5 Å². The largest absolute Gasteiger partial charge is 0.507 e. The van der Waals surface area contributed by atoms with Crippen LogP contribution >= 0.6 is 11.3 Å². The zero-order valence-corrected chi connectivity index (χ0v) is 45.2. The first kappa shape index (κ1) is 56.9. The molecule has 2 aromatic heterocycles. The Bertz CT molecular complexity index is 2600. The number of likely N-dealkylation sites (tertiary alicyclic amines) is 1. The van der Waals surface area contributed by atoms with E-state index >= 15 is 0 Å². The quantitative estimate of drug-likeness (QED) is 0.0272. The van der Waals surface area contributed by atoms with Crippen LogP contribution in [0.3, 0.4) is 0 Å². The number of nitrogens with one attached hydrogen (secondary N) is 3. The zero-order valence-electron chi connectivity index (χ0n) is 44.4. The van der Waals surface area contributed by atoms with E-state index in [4.69, 9.17) is 5.73 Å². The number of aliphatic hydroxyl groups excluding tert-OH is 1. The number of β-amino-alcohol motifs (C(OH)–C–C–N with tert-alkyl or cyclic N) is 1. The summed E-state index contributed by atoms with van der Waals surface area (Å²) < 4.78 is 0. The van der Waals surface area contributed by atoms with E-state index in [9.17, 15) is 29.4 Å². The Kier molecular flexibility index (Phi) is 21.4. The second-order valence-corrected chi connectivity index (χ2v) is 21.9. The predicted molar refractivity (Wildman–Crippen MR) is 295 cm³/mol. The molecule has 6 rings (SSSR count). The molecule has 0 saturated carbocycles. The number of nitrogen functional groups attached to an aromatic ring is 1. The number of benzene rings is 3. The molecular formula is C58H79N9O6S. The lowest BCUT2D eigenvalue weighted by atomic mass is 9.85. The molecule has 0 bridgehead atoms. The summed E-state index contributed by atoms with van der Waals surface area (Å²) in [5.74, 6) is -0.324. The number of nitrogens with zero attached hydrogens (tertiary/aromatic N) is 5. The van der Waals surface area contributed by atoms with Crippen LogP contribution in [0.1, 0.15) is 146 Å². The van der Waals surface area contributed by atoms with Gasteiger partial charge < -0.3 is 41.7 Å². The van der Waals surface area contributed by atoms with E-state index in [-0.39, 0.29) is 48.4 Å². The first-order valence-corrected chi connectivity index (χ1v) is 27.4. The summed E-state index contributed by atoms with van der Waals surface area (Å²) in [5, 5.41) is 38.3. The molecule has 0 aliphatic carbocycles. The van der Waals surface area contributed by atoms with Crippen molar-refractivity contribution in [3.05, 3.63) is 107 Å². The molecule has 1 saturated heterocycles. The number of amides is 4. The minimum Gasteiger partial charge on any atom is -0.507 e. The normalized spacial score (nSPS) is 15.4. The van der Waals surface area contributed by atoms with Gasteiger partial charge in [0.2, 0.25) is 23.6 Å². The molecular weight excluding hydrogens is 951 g/mol. The van der Waals surface area contributed by atoms with Crippen molar-refractivity contribution in [3.63, 3.8) is 0 Å². The van der Waals surface area contributed by atoms with Crippen LogP contribution in [-0.2, 0) is 32.1 Å². The SMILES string of the molecule is Cc1ncsc1-c1ccc([C@H](C)NC(=O)[C@@H]2C[C@@H](O)CN2C(=O)[C@@H](NC(=O)CCCCCCCCCCCCCC(=O)NCc2ccc(CCN(C)c3cc(-c4ccccc4O)nnc3N)cc2)C(C)(C)C)cc1. The van der Waals surface area contributed by atoms with Gasteiger partial charge in [-0.3, -0.25) is 19.2 Å². The molecule has 0 radical (unpaired) electrons. The highest BCUT2D eigenvalue weighted by Gasteiger charge is 2.44. The highest BCUT2D eigenvalue weighted by atomic mass is 32.1. The monoisotopic (exact) mass is 1030 g/mol. The van der Waals surface area contributed by atoms with Crippen molar-refractivity contribution in [1.82, 2.24) is 36.0 Å². The molecule has 0 spiro atoms. The van der Waals surface area contributed by atoms with Crippen molar-refractivity contribution in [2.24, 2.45) is 5.41 Å². The molecule has 1 aliphatic heterocycles. The number of hydrogen-bond acceptors (Lipinski definition) is 12. The number of aliphatic hydroxyl groups is 1. The molecule has 7 N–H and O–H groups in total. The van der Waals surface area contributed by atoms with Crippen LogP contribution in [-0.4, -0.2) is 92.2 Å². The number of rotatable bonds is 27. The highest BCUT2D eigenvalue weighted by Crippen LogP contribution is 2.32. The minimum atomic E-state index is -0.845. The molecule has 74 heavy (non-hydrogen) atoms. The maximum Gasteiger partial charge on any atom is 0.246 e. The van der Waals surface area contributed by atoms with E-state index in [1.165, 1.54) is 23.3 Å². The average molecular weight is 1030 g/mol. The first-order valence-electron chi connectivity index (χ1n) is 26.5. The van der Waals surface area contributed by atoms with E-state index < -0.39 is 23.6 Å². The lowest BCUT2D eigenvalue weighted by Crippen LogP contribution is -2.57. The molecule has 4 atom stereocenters. The topological polar surface area (TPSA) is 216 Å². The number of carbonyl (C=O) groups excluding carboxylic acids is 4. The van der Waals surface area contributed by atoms with Crippen LogP contribution in [0.5, 0.6) is 5.75 Å². The van der Waals surface area contributed by atoms with Crippen LogP contribution in [0.15, 0.2) is 84.4 Å². The predicted octanol–water partition coefficient (Wildman–Crippen LogP) is 9.60. The minimum absolute atomic E-state index is 0.0340. The first-order chi connectivity index (χ1) is 35.5. The van der Waals surface area contributed by atoms with Gasteiger partial charge in [-0.25, -0.2) is 4.98 Å². The number of aryl methyl sites for hydroxylation is 1. The second-order valence-electron chi connectivity index (χ2n) is 21.1. The summed E-state index contributed by atoms with van der Waals surface area (Å²) in [5.41, 5.74) is 14.5. The Morgan fingerprint density at radius 3 is 2.04 bits per heavy atom. The van der Waals surface area contributed by atoms with Crippen LogP contribution in [0.4, 0.5) is 11.5 Å². The van der Waals surface area contributed by atoms with Gasteiger partial charge in [-0.2, -0.15) is 0 Å². The summed E-state index contributed by atoms with van der Waals surface area (Å²) in [4.78, 5) is 62.4. The van der Waals surface area contributed by atoms with Crippen LogP contribution < -0.4 is 26.6 Å². The number of aromatic hydroxyl groups is 1. The third-order valence-corrected chi connectivity index (χ3v) is 15.0. The fraction of sp³-hybridized carbons (Fsp3) is 0.500. The lowest BCUT2D eigenvalue weighted by molar-refractivity contribution is -0.144. The van der Waals surface area contributed by atoms with Gasteiger partial charge in [0, 0.05) is 51.5 Å². The summed E-state index contributed by atoms with van der Waals surface area (Å²) in [6.07, 6.45) is 12.5. The van der Waals surface area contributed by atoms with E-state index in [0.29, 0.717) is 43.0 Å². The van der Waals surface area contributed by atoms with Gasteiger partial charge in [0.25, 0.3) is 0 Å². The Labute approximate surface area is 442 Å². The van der Waals surface area contributed by atoms with Gasteiger partial charge in [-0.1, -0.05) is 139 Å². The number of aromatic nitrogens is 3. The number of anilines is 2. The van der Waals surface area contributed by atoms with Crippen molar-refractivity contribution in [2.75, 3.05) is 30.8 Å². The molecule has 15 nitrogen and oxygen atoms in total. The molecule has 398 valence electrons.